The van der Waals surface area contributed by atoms with Gasteiger partial charge >= 0.3 is 14.8 Å². The molecule has 0 aliphatic carbocycles. The van der Waals surface area contributed by atoms with E-state index in [1.807, 2.05) is 6.92 Å². The Morgan fingerprint density at radius 2 is 1.65 bits per heavy atom. The van der Waals surface area contributed by atoms with Crippen LogP contribution in [-0.2, 0) is 27.5 Å². The minimum absolute atomic E-state index is 0.145. The van der Waals surface area contributed by atoms with Crippen LogP contribution >= 0.6 is 0 Å². The second-order valence-corrected chi connectivity index (χ2v) is 6.17. The number of esters is 1. The van der Waals surface area contributed by atoms with Gasteiger partial charge in [0, 0.05) is 34.2 Å². The van der Waals surface area contributed by atoms with Crippen molar-refractivity contribution in [3.63, 3.8) is 0 Å². The number of rotatable bonds is 9. The maximum atomic E-state index is 11.1. The Morgan fingerprint density at radius 3 is 2.00 bits per heavy atom. The first-order valence-electron chi connectivity index (χ1n) is 5.54. The van der Waals surface area contributed by atoms with Crippen molar-refractivity contribution in [1.29, 1.82) is 0 Å². The Kier molecular flexibility index (Phi) is 8.35. The minimum Gasteiger partial charge on any atom is -0.436 e. The normalized spacial score (nSPS) is 13.5. The topological polar surface area (TPSA) is 63.2 Å². The first kappa shape index (κ1) is 16.5. The first-order chi connectivity index (χ1) is 8.07. The molecule has 1 unspecified atom stereocenters. The third-order valence-corrected chi connectivity index (χ3v) is 4.65. The molecule has 6 nitrogen and oxygen atoms in total. The van der Waals surface area contributed by atoms with E-state index in [-0.39, 0.29) is 12.2 Å². The predicted octanol–water partition coefficient (Wildman–Crippen LogP) is 1.11. The fourth-order valence-corrected chi connectivity index (χ4v) is 2.33. The largest absolute Gasteiger partial charge is 0.527 e. The molecule has 102 valence electrons. The van der Waals surface area contributed by atoms with Gasteiger partial charge in [0.2, 0.25) is 6.29 Å². The highest BCUT2D eigenvalue weighted by Gasteiger charge is 2.39. The van der Waals surface area contributed by atoms with E-state index in [1.165, 1.54) is 21.3 Å². The van der Waals surface area contributed by atoms with Gasteiger partial charge in [-0.25, -0.2) is 0 Å². The molecule has 0 amide bonds. The maximum Gasteiger partial charge on any atom is 0.527 e. The van der Waals surface area contributed by atoms with Gasteiger partial charge in [0.1, 0.15) is 6.23 Å². The third-order valence-electron chi connectivity index (χ3n) is 2.26. The van der Waals surface area contributed by atoms with E-state index in [2.05, 4.69) is 0 Å². The summed E-state index contributed by atoms with van der Waals surface area (Å²) in [5.41, 5.74) is 0. The van der Waals surface area contributed by atoms with Crippen molar-refractivity contribution in [2.45, 2.75) is 33.0 Å². The first-order valence-corrected chi connectivity index (χ1v) is 7.47. The van der Waals surface area contributed by atoms with Gasteiger partial charge < -0.3 is 22.8 Å². The Bertz CT molecular complexity index is 211. The highest BCUT2D eigenvalue weighted by atomic mass is 28.4. The molecule has 0 bridgehead atoms. The summed E-state index contributed by atoms with van der Waals surface area (Å²) in [5.74, 6) is -0.295. The highest BCUT2D eigenvalue weighted by molar-refractivity contribution is 6.60. The fourth-order valence-electron chi connectivity index (χ4n) is 1.09. The molecule has 0 aromatic carbocycles. The van der Waals surface area contributed by atoms with Crippen LogP contribution in [0.4, 0.5) is 0 Å². The van der Waals surface area contributed by atoms with Crippen LogP contribution in [0.25, 0.3) is 0 Å². The summed E-state index contributed by atoms with van der Waals surface area (Å²) in [4.78, 5) is 11.1. The third kappa shape index (κ3) is 5.60. The van der Waals surface area contributed by atoms with Gasteiger partial charge in [0.15, 0.2) is 0 Å². The van der Waals surface area contributed by atoms with E-state index in [0.717, 1.165) is 0 Å². The molecular weight excluding hydrogens is 244 g/mol. The van der Waals surface area contributed by atoms with Crippen LogP contribution in [0, 0.1) is 0 Å². The number of carbonyl (C=O) groups is 1. The minimum atomic E-state index is -2.77. The molecule has 0 radical (unpaired) electrons. The van der Waals surface area contributed by atoms with Crippen LogP contribution in [0.1, 0.15) is 26.7 Å². The second kappa shape index (κ2) is 8.59. The molecule has 0 N–H and O–H groups in total. The number of hydrogen-bond donors (Lipinski definition) is 0. The van der Waals surface area contributed by atoms with Crippen molar-refractivity contribution < 1.29 is 27.5 Å². The fraction of sp³-hybridized carbons (Fsp3) is 0.900. The Morgan fingerprint density at radius 1 is 1.12 bits per heavy atom. The summed E-state index contributed by atoms with van der Waals surface area (Å²) >= 11 is 0. The van der Waals surface area contributed by atoms with Crippen LogP contribution in [0.15, 0.2) is 0 Å². The summed E-state index contributed by atoms with van der Waals surface area (Å²) in [6.07, 6.45) is 0.440. The molecule has 0 aromatic heterocycles. The van der Waals surface area contributed by atoms with Gasteiger partial charge in [0.05, 0.1) is 0 Å². The number of carbonyl (C=O) groups excluding carboxylic acids is 1. The monoisotopic (exact) mass is 266 g/mol. The van der Waals surface area contributed by atoms with E-state index < -0.39 is 15.1 Å². The van der Waals surface area contributed by atoms with Gasteiger partial charge in [-0.1, -0.05) is 13.8 Å². The predicted molar refractivity (Wildman–Crippen MR) is 63.2 cm³/mol. The molecule has 0 fully saturated rings. The van der Waals surface area contributed by atoms with Crippen molar-refractivity contribution in [2.75, 3.05) is 27.6 Å². The molecule has 0 spiro atoms. The molecule has 0 heterocycles. The lowest BCUT2D eigenvalue weighted by atomic mass is 10.4. The van der Waals surface area contributed by atoms with Crippen molar-refractivity contribution in [3.8, 4) is 0 Å². The molecule has 0 saturated carbocycles. The summed E-state index contributed by atoms with van der Waals surface area (Å²) < 4.78 is 26.1. The van der Waals surface area contributed by atoms with E-state index in [0.29, 0.717) is 12.8 Å². The summed E-state index contributed by atoms with van der Waals surface area (Å²) in [6.45, 7) is 3.59. The molecule has 0 aromatic rings. The van der Waals surface area contributed by atoms with Crippen LogP contribution in [0.2, 0.25) is 0 Å². The van der Waals surface area contributed by atoms with E-state index >= 15 is 0 Å². The summed E-state index contributed by atoms with van der Waals surface area (Å²) in [5, 5.41) is 0. The molecule has 0 aliphatic heterocycles. The molecule has 0 saturated heterocycles. The molecule has 1 atom stereocenters. The molecular formula is C10H22O6Si. The van der Waals surface area contributed by atoms with Crippen molar-refractivity contribution in [2.24, 2.45) is 0 Å². The van der Waals surface area contributed by atoms with Gasteiger partial charge in [-0.2, -0.15) is 0 Å². The zero-order valence-corrected chi connectivity index (χ0v) is 12.1. The average molecular weight is 266 g/mol. The van der Waals surface area contributed by atoms with Crippen LogP contribution in [-0.4, -0.2) is 48.6 Å². The van der Waals surface area contributed by atoms with E-state index in [4.69, 9.17) is 22.8 Å². The van der Waals surface area contributed by atoms with Gasteiger partial charge in [-0.05, 0) is 0 Å². The van der Waals surface area contributed by atoms with Gasteiger partial charge in [-0.3, -0.25) is 4.79 Å². The molecule has 7 heteroatoms. The maximum absolute atomic E-state index is 11.1. The van der Waals surface area contributed by atoms with Gasteiger partial charge in [0.25, 0.3) is 0 Å². The summed E-state index contributed by atoms with van der Waals surface area (Å²) in [7, 11) is 1.73. The lowest BCUT2D eigenvalue weighted by Gasteiger charge is -2.26. The lowest BCUT2D eigenvalue weighted by Crippen LogP contribution is -2.49. The molecule has 0 rings (SSSR count). The van der Waals surface area contributed by atoms with Crippen LogP contribution in [0.3, 0.4) is 0 Å². The second-order valence-electron chi connectivity index (χ2n) is 3.29. The van der Waals surface area contributed by atoms with Crippen molar-refractivity contribution in [1.82, 2.24) is 0 Å². The number of ether oxygens (including phenoxy) is 2. The quantitative estimate of drug-likeness (QED) is 0.354. The lowest BCUT2D eigenvalue weighted by molar-refractivity contribution is -0.178. The zero-order valence-electron chi connectivity index (χ0n) is 11.1. The average Bonchev–Trinajstić information content (AvgIpc) is 2.39. The van der Waals surface area contributed by atoms with Crippen LogP contribution < -0.4 is 0 Å². The molecule has 17 heavy (non-hydrogen) atoms. The number of hydrogen-bond acceptors (Lipinski definition) is 6. The highest BCUT2D eigenvalue weighted by Crippen LogP contribution is 2.10. The smallest absolute Gasteiger partial charge is 0.436 e. The van der Waals surface area contributed by atoms with E-state index in [9.17, 15) is 4.79 Å². The van der Waals surface area contributed by atoms with Crippen molar-refractivity contribution in [3.05, 3.63) is 0 Å². The standard InChI is InChI=1S/C10H22O6Si/c1-6-9(11)16-10(7-2)15-8-17(12-3,13-4)14-5/h10H,6-8H2,1-5H3. The van der Waals surface area contributed by atoms with Crippen molar-refractivity contribution >= 4 is 14.8 Å². The van der Waals surface area contributed by atoms with Gasteiger partial charge in [-0.15, -0.1) is 0 Å². The Hall–Kier alpha value is -0.473. The van der Waals surface area contributed by atoms with E-state index in [1.54, 1.807) is 6.92 Å². The summed E-state index contributed by atoms with van der Waals surface area (Å²) in [6, 6.07) is 0. The molecule has 0 aliphatic rings. The Balaban J connectivity index is 4.24. The van der Waals surface area contributed by atoms with Crippen LogP contribution in [0.5, 0.6) is 0 Å². The Labute approximate surface area is 104 Å². The zero-order chi connectivity index (χ0) is 13.3. The SMILES string of the molecule is CCC(=O)OC(CC)OC[Si](OC)(OC)OC.